The van der Waals surface area contributed by atoms with E-state index in [2.05, 4.69) is 38.1 Å². The lowest BCUT2D eigenvalue weighted by atomic mass is 10.1. The summed E-state index contributed by atoms with van der Waals surface area (Å²) >= 11 is 0. The summed E-state index contributed by atoms with van der Waals surface area (Å²) in [5.41, 5.74) is 5.91. The molecule has 2 aromatic heterocycles. The number of aryl methyl sites for hydroxylation is 2. The molecule has 0 fully saturated rings. The molecule has 0 aliphatic heterocycles. The smallest absolute Gasteiger partial charge is 0.181 e. The Labute approximate surface area is 104 Å². The molecule has 0 atom stereocenters. The molecular formula is C16H12O2. The maximum atomic E-state index is 5.92. The SMILES string of the molecule is Cc1ccc2oc3c4cc(C)ccc4oc3c2c1. The van der Waals surface area contributed by atoms with Crippen LogP contribution >= 0.6 is 0 Å². The Hall–Kier alpha value is -2.22. The molecule has 4 aromatic rings. The van der Waals surface area contributed by atoms with Gasteiger partial charge >= 0.3 is 0 Å². The first kappa shape index (κ1) is 9.77. The highest BCUT2D eigenvalue weighted by Crippen LogP contribution is 2.37. The Morgan fingerprint density at radius 1 is 0.667 bits per heavy atom. The molecule has 88 valence electrons. The van der Waals surface area contributed by atoms with E-state index < -0.39 is 0 Å². The van der Waals surface area contributed by atoms with E-state index in [1.165, 1.54) is 11.1 Å². The zero-order valence-electron chi connectivity index (χ0n) is 10.3. The number of hydrogen-bond donors (Lipinski definition) is 0. The summed E-state index contributed by atoms with van der Waals surface area (Å²) < 4.78 is 11.8. The van der Waals surface area contributed by atoms with Gasteiger partial charge in [0.05, 0.1) is 10.8 Å². The molecule has 0 amide bonds. The van der Waals surface area contributed by atoms with Crippen molar-refractivity contribution in [2.24, 2.45) is 0 Å². The van der Waals surface area contributed by atoms with E-state index in [1.807, 2.05) is 12.1 Å². The van der Waals surface area contributed by atoms with E-state index >= 15 is 0 Å². The third-order valence-corrected chi connectivity index (χ3v) is 3.39. The lowest BCUT2D eigenvalue weighted by Crippen LogP contribution is -1.70. The number of furan rings is 2. The lowest BCUT2D eigenvalue weighted by molar-refractivity contribution is 0.653. The zero-order valence-corrected chi connectivity index (χ0v) is 10.3. The molecule has 2 heteroatoms. The van der Waals surface area contributed by atoms with E-state index in [9.17, 15) is 0 Å². The van der Waals surface area contributed by atoms with Crippen LogP contribution in [0.5, 0.6) is 0 Å². The van der Waals surface area contributed by atoms with Crippen molar-refractivity contribution in [1.82, 2.24) is 0 Å². The van der Waals surface area contributed by atoms with E-state index in [-0.39, 0.29) is 0 Å². The van der Waals surface area contributed by atoms with E-state index in [0.717, 1.165) is 33.1 Å². The predicted molar refractivity (Wildman–Crippen MR) is 73.0 cm³/mol. The fraction of sp³-hybridized carbons (Fsp3) is 0.125. The van der Waals surface area contributed by atoms with Gasteiger partial charge in [0.25, 0.3) is 0 Å². The van der Waals surface area contributed by atoms with Crippen molar-refractivity contribution >= 4 is 33.1 Å². The summed E-state index contributed by atoms with van der Waals surface area (Å²) in [6.45, 7) is 4.15. The van der Waals surface area contributed by atoms with Gasteiger partial charge in [-0.15, -0.1) is 0 Å². The van der Waals surface area contributed by atoms with Crippen LogP contribution in [0.1, 0.15) is 11.1 Å². The van der Waals surface area contributed by atoms with Gasteiger partial charge in [-0.2, -0.15) is 0 Å². The third kappa shape index (κ3) is 1.17. The predicted octanol–water partition coefficient (Wildman–Crippen LogP) is 4.95. The first-order valence-electron chi connectivity index (χ1n) is 6.04. The summed E-state index contributed by atoms with van der Waals surface area (Å²) in [4.78, 5) is 0. The molecule has 2 aromatic carbocycles. The van der Waals surface area contributed by atoms with Gasteiger partial charge in [0.2, 0.25) is 0 Å². The van der Waals surface area contributed by atoms with Crippen molar-refractivity contribution in [3.63, 3.8) is 0 Å². The molecular weight excluding hydrogens is 224 g/mol. The highest BCUT2D eigenvalue weighted by Gasteiger charge is 2.15. The van der Waals surface area contributed by atoms with Crippen LogP contribution in [-0.2, 0) is 0 Å². The van der Waals surface area contributed by atoms with Crippen molar-refractivity contribution in [2.45, 2.75) is 13.8 Å². The second-order valence-electron chi connectivity index (χ2n) is 4.86. The molecule has 0 aliphatic rings. The summed E-state index contributed by atoms with van der Waals surface area (Å²) in [7, 11) is 0. The van der Waals surface area contributed by atoms with Crippen molar-refractivity contribution in [3.05, 3.63) is 47.5 Å². The van der Waals surface area contributed by atoms with Crippen LogP contribution < -0.4 is 0 Å². The first-order chi connectivity index (χ1) is 8.72. The molecule has 2 nitrogen and oxygen atoms in total. The van der Waals surface area contributed by atoms with Crippen LogP contribution in [0.15, 0.2) is 45.2 Å². The van der Waals surface area contributed by atoms with Gasteiger partial charge in [-0.25, -0.2) is 0 Å². The molecule has 0 spiro atoms. The Balaban J connectivity index is 2.26. The van der Waals surface area contributed by atoms with Crippen molar-refractivity contribution in [3.8, 4) is 0 Å². The van der Waals surface area contributed by atoms with E-state index in [0.29, 0.717) is 0 Å². The fourth-order valence-electron chi connectivity index (χ4n) is 2.49. The highest BCUT2D eigenvalue weighted by molar-refractivity contribution is 6.12. The minimum atomic E-state index is 0.856. The molecule has 18 heavy (non-hydrogen) atoms. The first-order valence-corrected chi connectivity index (χ1v) is 6.04. The maximum absolute atomic E-state index is 5.92. The van der Waals surface area contributed by atoms with Crippen LogP contribution in [0.25, 0.3) is 33.1 Å². The zero-order chi connectivity index (χ0) is 12.3. The van der Waals surface area contributed by atoms with Crippen LogP contribution in [0.3, 0.4) is 0 Å². The average Bonchev–Trinajstić information content (AvgIpc) is 2.86. The van der Waals surface area contributed by atoms with Crippen molar-refractivity contribution in [2.75, 3.05) is 0 Å². The van der Waals surface area contributed by atoms with Gasteiger partial charge in [-0.1, -0.05) is 23.3 Å². The normalized spacial score (nSPS) is 11.9. The lowest BCUT2D eigenvalue weighted by Gasteiger charge is -1.92. The monoisotopic (exact) mass is 236 g/mol. The molecule has 0 N–H and O–H groups in total. The largest absolute Gasteiger partial charge is 0.452 e. The summed E-state index contributed by atoms with van der Waals surface area (Å²) in [5.74, 6) is 0. The van der Waals surface area contributed by atoms with Crippen LogP contribution in [0.2, 0.25) is 0 Å². The van der Waals surface area contributed by atoms with Crippen molar-refractivity contribution in [1.29, 1.82) is 0 Å². The van der Waals surface area contributed by atoms with Crippen LogP contribution in [0, 0.1) is 13.8 Å². The summed E-state index contributed by atoms with van der Waals surface area (Å²) in [6.07, 6.45) is 0. The second kappa shape index (κ2) is 3.16. The van der Waals surface area contributed by atoms with Crippen LogP contribution in [0.4, 0.5) is 0 Å². The van der Waals surface area contributed by atoms with E-state index in [1.54, 1.807) is 0 Å². The molecule has 0 bridgehead atoms. The quantitative estimate of drug-likeness (QED) is 0.432. The summed E-state index contributed by atoms with van der Waals surface area (Å²) in [6, 6.07) is 12.3. The molecule has 4 rings (SSSR count). The summed E-state index contributed by atoms with van der Waals surface area (Å²) in [5, 5.41) is 2.11. The van der Waals surface area contributed by atoms with Gasteiger partial charge < -0.3 is 8.83 Å². The minimum Gasteiger partial charge on any atom is -0.452 e. The fourth-order valence-corrected chi connectivity index (χ4v) is 2.49. The Morgan fingerprint density at radius 2 is 1.11 bits per heavy atom. The third-order valence-electron chi connectivity index (χ3n) is 3.39. The minimum absolute atomic E-state index is 0.856. The molecule has 0 radical (unpaired) electrons. The van der Waals surface area contributed by atoms with Crippen LogP contribution in [-0.4, -0.2) is 0 Å². The number of fused-ring (bicyclic) bond motifs is 5. The number of rotatable bonds is 0. The Kier molecular flexibility index (Phi) is 1.72. The van der Waals surface area contributed by atoms with Gasteiger partial charge in [0.1, 0.15) is 11.2 Å². The molecule has 0 saturated carbocycles. The second-order valence-corrected chi connectivity index (χ2v) is 4.86. The average molecular weight is 236 g/mol. The maximum Gasteiger partial charge on any atom is 0.181 e. The van der Waals surface area contributed by atoms with Crippen molar-refractivity contribution < 1.29 is 8.83 Å². The molecule has 0 unspecified atom stereocenters. The number of benzene rings is 2. The van der Waals surface area contributed by atoms with Gasteiger partial charge in [-0.05, 0) is 38.1 Å². The van der Waals surface area contributed by atoms with E-state index in [4.69, 9.17) is 8.83 Å². The topological polar surface area (TPSA) is 26.3 Å². The van der Waals surface area contributed by atoms with Gasteiger partial charge in [0.15, 0.2) is 11.2 Å². The molecule has 0 saturated heterocycles. The Bertz CT molecular complexity index is 818. The Morgan fingerprint density at radius 3 is 1.56 bits per heavy atom. The highest BCUT2D eigenvalue weighted by atomic mass is 16.4. The standard InChI is InChI=1S/C16H12O2/c1-9-3-5-13-11(7-9)15-16(17-13)12-8-10(2)4-6-14(12)18-15/h3-8H,1-2H3. The van der Waals surface area contributed by atoms with Gasteiger partial charge in [-0.3, -0.25) is 0 Å². The molecule has 2 heterocycles. The molecule has 0 aliphatic carbocycles. The van der Waals surface area contributed by atoms with Gasteiger partial charge in [0, 0.05) is 0 Å². The number of hydrogen-bond acceptors (Lipinski definition) is 2.